The quantitative estimate of drug-likeness (QED) is 0.336. The van der Waals surface area contributed by atoms with E-state index in [-0.39, 0.29) is 35.9 Å². The number of amides is 2. The zero-order valence-electron chi connectivity index (χ0n) is 18.5. The molecule has 0 saturated heterocycles. The fraction of sp³-hybridized carbons (Fsp3) is 0.200. The Kier molecular flexibility index (Phi) is 7.57. The number of hydrogen-bond acceptors (Lipinski definition) is 5. The standard InChI is InChI=1S/C25H22ClFN4O3S/c26-18-8-3-5-15(23(18)27)10-11-21(32)19(13-16-6-4-12-35-16)29-22(33)14-31-20-9-2-1-7-17(20)24(30-31)25(28)34/h1-9,12,19H,10-11,13-14H2,(H2,28,34)(H,29,33)/t19-/m0/s1. The Morgan fingerprint density at radius 1 is 1.11 bits per heavy atom. The van der Waals surface area contributed by atoms with Crippen LogP contribution in [0.25, 0.3) is 10.9 Å². The summed E-state index contributed by atoms with van der Waals surface area (Å²) in [4.78, 5) is 38.7. The molecule has 7 nitrogen and oxygen atoms in total. The highest BCUT2D eigenvalue weighted by Gasteiger charge is 2.23. The first-order chi connectivity index (χ1) is 16.8. The van der Waals surface area contributed by atoms with E-state index in [4.69, 9.17) is 17.3 Å². The summed E-state index contributed by atoms with van der Waals surface area (Å²) in [6.07, 6.45) is 0.505. The van der Waals surface area contributed by atoms with E-state index in [1.54, 1.807) is 36.4 Å². The average Bonchev–Trinajstić information content (AvgIpc) is 3.48. The van der Waals surface area contributed by atoms with Gasteiger partial charge in [-0.1, -0.05) is 48.0 Å². The lowest BCUT2D eigenvalue weighted by Gasteiger charge is -2.18. The van der Waals surface area contributed by atoms with Crippen LogP contribution in [0.3, 0.4) is 0 Å². The second-order valence-electron chi connectivity index (χ2n) is 7.97. The maximum Gasteiger partial charge on any atom is 0.269 e. The number of halogens is 2. The van der Waals surface area contributed by atoms with Gasteiger partial charge in [0.2, 0.25) is 5.91 Å². The van der Waals surface area contributed by atoms with Crippen LogP contribution < -0.4 is 11.1 Å². The molecule has 0 fully saturated rings. The first kappa shape index (κ1) is 24.6. The smallest absolute Gasteiger partial charge is 0.269 e. The third-order valence-electron chi connectivity index (χ3n) is 5.57. The van der Waals surface area contributed by atoms with E-state index in [2.05, 4.69) is 10.4 Å². The number of benzene rings is 2. The molecule has 2 aromatic carbocycles. The van der Waals surface area contributed by atoms with Gasteiger partial charge in [-0.15, -0.1) is 11.3 Å². The van der Waals surface area contributed by atoms with Crippen LogP contribution in [0, 0.1) is 5.82 Å². The number of nitrogens with zero attached hydrogens (tertiary/aromatic N) is 2. The summed E-state index contributed by atoms with van der Waals surface area (Å²) >= 11 is 7.32. The molecule has 2 heterocycles. The first-order valence-corrected chi connectivity index (χ1v) is 12.1. The molecule has 0 aliphatic carbocycles. The van der Waals surface area contributed by atoms with E-state index >= 15 is 0 Å². The molecular weight excluding hydrogens is 491 g/mol. The van der Waals surface area contributed by atoms with E-state index in [1.807, 2.05) is 17.5 Å². The van der Waals surface area contributed by atoms with Gasteiger partial charge < -0.3 is 11.1 Å². The van der Waals surface area contributed by atoms with Gasteiger partial charge in [-0.3, -0.25) is 19.1 Å². The Bertz CT molecular complexity index is 1390. The minimum absolute atomic E-state index is 0.000154. The lowest BCUT2D eigenvalue weighted by atomic mass is 10.0. The number of nitrogens with one attached hydrogen (secondary N) is 1. The second kappa shape index (κ2) is 10.8. The molecule has 3 N–H and O–H groups in total. The summed E-state index contributed by atoms with van der Waals surface area (Å²) < 4.78 is 15.6. The number of carbonyl (C=O) groups excluding carboxylic acids is 3. The molecule has 0 aliphatic heterocycles. The van der Waals surface area contributed by atoms with Gasteiger partial charge in [0, 0.05) is 23.1 Å². The highest BCUT2D eigenvalue weighted by Crippen LogP contribution is 2.21. The molecule has 0 saturated carbocycles. The maximum absolute atomic E-state index is 14.2. The van der Waals surface area contributed by atoms with E-state index in [0.29, 0.717) is 22.9 Å². The Morgan fingerprint density at radius 2 is 1.91 bits per heavy atom. The summed E-state index contributed by atoms with van der Waals surface area (Å²) in [5.41, 5.74) is 6.42. The maximum atomic E-state index is 14.2. The lowest BCUT2D eigenvalue weighted by molar-refractivity contribution is -0.128. The summed E-state index contributed by atoms with van der Waals surface area (Å²) in [6, 6.07) is 14.6. The van der Waals surface area contributed by atoms with E-state index < -0.39 is 23.7 Å². The number of rotatable bonds is 10. The Balaban J connectivity index is 1.50. The van der Waals surface area contributed by atoms with Crippen LogP contribution in [0.4, 0.5) is 4.39 Å². The van der Waals surface area contributed by atoms with Crippen LogP contribution in [-0.2, 0) is 29.0 Å². The Labute approximate surface area is 209 Å². The minimum atomic E-state index is -0.805. The number of Topliss-reactive ketones (excluding diaryl/α,β-unsaturated/α-hetero) is 1. The number of ketones is 1. The first-order valence-electron chi connectivity index (χ1n) is 10.9. The average molecular weight is 513 g/mol. The molecule has 0 aliphatic rings. The normalized spacial score (nSPS) is 11.9. The molecule has 2 aromatic heterocycles. The SMILES string of the molecule is NC(=O)c1nn(CC(=O)N[C@@H](Cc2cccs2)C(=O)CCc2cccc(Cl)c2F)c2ccccc12. The number of hydrogen-bond donors (Lipinski definition) is 2. The van der Waals surface area contributed by atoms with Gasteiger partial charge >= 0.3 is 0 Å². The summed E-state index contributed by atoms with van der Waals surface area (Å²) in [5.74, 6) is -1.91. The van der Waals surface area contributed by atoms with Crippen molar-refractivity contribution in [2.45, 2.75) is 31.8 Å². The van der Waals surface area contributed by atoms with Gasteiger partial charge in [-0.05, 0) is 35.6 Å². The topological polar surface area (TPSA) is 107 Å². The van der Waals surface area contributed by atoms with Crippen molar-refractivity contribution in [2.24, 2.45) is 5.73 Å². The third kappa shape index (κ3) is 5.75. The van der Waals surface area contributed by atoms with Crippen molar-refractivity contribution < 1.29 is 18.8 Å². The van der Waals surface area contributed by atoms with Crippen LogP contribution >= 0.6 is 22.9 Å². The summed E-state index contributed by atoms with van der Waals surface area (Å²) in [6.45, 7) is -0.203. The number of thiophene rings is 1. The van der Waals surface area contributed by atoms with Crippen LogP contribution in [0.1, 0.15) is 27.3 Å². The van der Waals surface area contributed by atoms with Gasteiger partial charge in [-0.25, -0.2) is 4.39 Å². The Hall–Kier alpha value is -3.56. The number of aromatic nitrogens is 2. The fourth-order valence-corrected chi connectivity index (χ4v) is 4.80. The van der Waals surface area contributed by atoms with E-state index in [0.717, 1.165) is 4.88 Å². The molecular formula is C25H22ClFN4O3S. The van der Waals surface area contributed by atoms with Gasteiger partial charge in [-0.2, -0.15) is 5.10 Å². The highest BCUT2D eigenvalue weighted by atomic mass is 35.5. The summed E-state index contributed by atoms with van der Waals surface area (Å²) in [7, 11) is 0. The van der Waals surface area contributed by atoms with E-state index in [1.165, 1.54) is 22.1 Å². The van der Waals surface area contributed by atoms with Gasteiger partial charge in [0.25, 0.3) is 5.91 Å². The zero-order valence-corrected chi connectivity index (χ0v) is 20.1. The summed E-state index contributed by atoms with van der Waals surface area (Å²) in [5, 5.41) is 9.42. The lowest BCUT2D eigenvalue weighted by Crippen LogP contribution is -2.44. The number of fused-ring (bicyclic) bond motifs is 1. The third-order valence-corrected chi connectivity index (χ3v) is 6.76. The number of para-hydroxylation sites is 1. The predicted octanol–water partition coefficient (Wildman–Crippen LogP) is 3.92. The second-order valence-corrected chi connectivity index (χ2v) is 9.41. The zero-order chi connectivity index (χ0) is 24.9. The number of primary amides is 1. The molecule has 4 rings (SSSR count). The minimum Gasteiger partial charge on any atom is -0.364 e. The van der Waals surface area contributed by atoms with E-state index in [9.17, 15) is 18.8 Å². The van der Waals surface area contributed by atoms with Crippen LogP contribution in [0.5, 0.6) is 0 Å². The molecule has 0 bridgehead atoms. The Morgan fingerprint density at radius 3 is 2.66 bits per heavy atom. The molecule has 1 atom stereocenters. The van der Waals surface area contributed by atoms with Gasteiger partial charge in [0.05, 0.1) is 16.6 Å². The van der Waals surface area contributed by atoms with Crippen molar-refractivity contribution in [3.05, 3.63) is 87.0 Å². The molecule has 180 valence electrons. The number of nitrogens with two attached hydrogens (primary N) is 1. The number of aryl methyl sites for hydroxylation is 1. The highest BCUT2D eigenvalue weighted by molar-refractivity contribution is 7.09. The molecule has 35 heavy (non-hydrogen) atoms. The van der Waals surface area contributed by atoms with Crippen molar-refractivity contribution in [1.29, 1.82) is 0 Å². The number of carbonyl (C=O) groups is 3. The predicted molar refractivity (Wildman–Crippen MR) is 133 cm³/mol. The van der Waals surface area contributed by atoms with Crippen molar-refractivity contribution in [3.8, 4) is 0 Å². The van der Waals surface area contributed by atoms with Crippen molar-refractivity contribution in [2.75, 3.05) is 0 Å². The molecule has 0 radical (unpaired) electrons. The molecule has 2 amide bonds. The molecule has 4 aromatic rings. The van der Waals surface area contributed by atoms with Crippen molar-refractivity contribution in [1.82, 2.24) is 15.1 Å². The van der Waals surface area contributed by atoms with Gasteiger partial charge in [0.1, 0.15) is 12.4 Å². The van der Waals surface area contributed by atoms with Gasteiger partial charge in [0.15, 0.2) is 11.5 Å². The largest absolute Gasteiger partial charge is 0.364 e. The molecule has 10 heteroatoms. The fourth-order valence-electron chi connectivity index (χ4n) is 3.85. The monoisotopic (exact) mass is 512 g/mol. The molecule has 0 spiro atoms. The van der Waals surface area contributed by atoms with Crippen molar-refractivity contribution in [3.63, 3.8) is 0 Å². The van der Waals surface area contributed by atoms with Crippen LogP contribution in [-0.4, -0.2) is 33.4 Å². The van der Waals surface area contributed by atoms with Crippen LogP contribution in [0.2, 0.25) is 5.02 Å². The van der Waals surface area contributed by atoms with Crippen molar-refractivity contribution >= 4 is 51.4 Å². The van der Waals surface area contributed by atoms with Crippen LogP contribution in [0.15, 0.2) is 60.0 Å². The molecule has 0 unspecified atom stereocenters.